The molecule has 9 heteroatoms. The van der Waals surface area contributed by atoms with Crippen molar-refractivity contribution < 1.29 is 27.1 Å². The second-order valence-corrected chi connectivity index (χ2v) is 7.61. The molecule has 2 rings (SSSR count). The molecule has 0 bridgehead atoms. The van der Waals surface area contributed by atoms with Crippen LogP contribution in [0.3, 0.4) is 0 Å². The maximum absolute atomic E-state index is 13.0. The fourth-order valence-corrected chi connectivity index (χ4v) is 4.08. The van der Waals surface area contributed by atoms with Crippen molar-refractivity contribution >= 4 is 21.9 Å². The number of halogens is 1. The van der Waals surface area contributed by atoms with Crippen molar-refractivity contribution in [3.05, 3.63) is 30.1 Å². The summed E-state index contributed by atoms with van der Waals surface area (Å²) in [5.41, 5.74) is 0. The van der Waals surface area contributed by atoms with Crippen LogP contribution >= 0.6 is 0 Å². The Morgan fingerprint density at radius 1 is 1.08 bits per heavy atom. The molecule has 25 heavy (non-hydrogen) atoms. The van der Waals surface area contributed by atoms with Gasteiger partial charge in [0.1, 0.15) is 5.82 Å². The van der Waals surface area contributed by atoms with E-state index in [-0.39, 0.29) is 43.3 Å². The first kappa shape index (κ1) is 19.3. The fourth-order valence-electron chi connectivity index (χ4n) is 2.61. The number of nitrogens with zero attached hydrogens (tertiary/aromatic N) is 2. The molecule has 0 unspecified atom stereocenters. The van der Waals surface area contributed by atoms with Crippen molar-refractivity contribution in [2.45, 2.75) is 24.2 Å². The van der Waals surface area contributed by atoms with Gasteiger partial charge in [-0.25, -0.2) is 12.8 Å². The summed E-state index contributed by atoms with van der Waals surface area (Å²) >= 11 is 0. The second kappa shape index (κ2) is 8.39. The molecule has 1 heterocycles. The van der Waals surface area contributed by atoms with Crippen LogP contribution in [0.25, 0.3) is 0 Å². The van der Waals surface area contributed by atoms with Gasteiger partial charge in [-0.15, -0.1) is 0 Å². The van der Waals surface area contributed by atoms with Crippen molar-refractivity contribution in [1.82, 2.24) is 9.21 Å². The highest BCUT2D eigenvalue weighted by atomic mass is 32.2. The van der Waals surface area contributed by atoms with Gasteiger partial charge < -0.3 is 9.64 Å². The summed E-state index contributed by atoms with van der Waals surface area (Å²) in [4.78, 5) is 24.9. The Bertz CT molecular complexity index is 721. The number of carbonyl (C=O) groups is 2. The normalized spacial score (nSPS) is 16.3. The van der Waals surface area contributed by atoms with E-state index >= 15 is 0 Å². The summed E-state index contributed by atoms with van der Waals surface area (Å²) in [5, 5.41) is 0. The lowest BCUT2D eigenvalue weighted by Gasteiger charge is -2.22. The molecule has 0 saturated carbocycles. The number of methoxy groups -OCH3 is 1. The van der Waals surface area contributed by atoms with E-state index in [2.05, 4.69) is 4.74 Å². The molecular formula is C16H21FN2O5S. The van der Waals surface area contributed by atoms with Gasteiger partial charge in [0.2, 0.25) is 15.9 Å². The Morgan fingerprint density at radius 2 is 1.76 bits per heavy atom. The third-order valence-electron chi connectivity index (χ3n) is 4.03. The zero-order valence-corrected chi connectivity index (χ0v) is 14.8. The predicted molar refractivity (Wildman–Crippen MR) is 87.6 cm³/mol. The van der Waals surface area contributed by atoms with Gasteiger partial charge >= 0.3 is 5.97 Å². The molecule has 0 radical (unpaired) electrons. The molecule has 1 aliphatic heterocycles. The predicted octanol–water partition coefficient (Wildman–Crippen LogP) is 1.00. The monoisotopic (exact) mass is 372 g/mol. The zero-order valence-electron chi connectivity index (χ0n) is 14.0. The number of rotatable bonds is 5. The van der Waals surface area contributed by atoms with Gasteiger partial charge in [-0.1, -0.05) is 0 Å². The van der Waals surface area contributed by atoms with E-state index < -0.39 is 21.8 Å². The first-order chi connectivity index (χ1) is 11.8. The zero-order chi connectivity index (χ0) is 18.4. The molecule has 1 saturated heterocycles. The number of hydrogen-bond donors (Lipinski definition) is 0. The number of esters is 1. The third kappa shape index (κ3) is 4.99. The van der Waals surface area contributed by atoms with Gasteiger partial charge in [-0.3, -0.25) is 9.59 Å². The quantitative estimate of drug-likeness (QED) is 0.720. The van der Waals surface area contributed by atoms with E-state index in [1.165, 1.54) is 23.5 Å². The summed E-state index contributed by atoms with van der Waals surface area (Å²) in [7, 11) is -2.47. The van der Waals surface area contributed by atoms with Crippen LogP contribution in [0.5, 0.6) is 0 Å². The minimum absolute atomic E-state index is 0.00340. The lowest BCUT2D eigenvalue weighted by Crippen LogP contribution is -2.37. The molecule has 0 aromatic heterocycles. The van der Waals surface area contributed by atoms with Gasteiger partial charge in [0.25, 0.3) is 0 Å². The smallest absolute Gasteiger partial charge is 0.306 e. The number of sulfonamides is 1. The average Bonchev–Trinajstić information content (AvgIpc) is 2.86. The SMILES string of the molecule is COC(=O)CCC(=O)N1CCCN(S(=O)(=O)c2ccc(F)cc2)CC1. The molecule has 0 aliphatic carbocycles. The highest BCUT2D eigenvalue weighted by molar-refractivity contribution is 7.89. The summed E-state index contributed by atoms with van der Waals surface area (Å²) in [5.74, 6) is -1.16. The Morgan fingerprint density at radius 3 is 2.40 bits per heavy atom. The lowest BCUT2D eigenvalue weighted by molar-refractivity contribution is -0.143. The first-order valence-electron chi connectivity index (χ1n) is 7.95. The standard InChI is InChI=1S/C16H21FN2O5S/c1-24-16(21)8-7-15(20)18-9-2-10-19(12-11-18)25(22,23)14-5-3-13(17)4-6-14/h3-6H,2,7-12H2,1H3. The summed E-state index contributed by atoms with van der Waals surface area (Å²) in [6, 6.07) is 4.67. The van der Waals surface area contributed by atoms with Crippen LogP contribution in [-0.2, 0) is 24.3 Å². The molecule has 1 aromatic rings. The van der Waals surface area contributed by atoms with Crippen molar-refractivity contribution in [1.29, 1.82) is 0 Å². The minimum Gasteiger partial charge on any atom is -0.469 e. The molecule has 1 amide bonds. The highest BCUT2D eigenvalue weighted by Crippen LogP contribution is 2.18. The maximum Gasteiger partial charge on any atom is 0.306 e. The Labute approximate surface area is 146 Å². The van der Waals surface area contributed by atoms with Crippen LogP contribution < -0.4 is 0 Å². The van der Waals surface area contributed by atoms with E-state index in [0.29, 0.717) is 13.0 Å². The van der Waals surface area contributed by atoms with Crippen molar-refractivity contribution in [2.75, 3.05) is 33.3 Å². The van der Waals surface area contributed by atoms with Crippen LogP contribution in [0.1, 0.15) is 19.3 Å². The molecule has 1 aliphatic rings. The average molecular weight is 372 g/mol. The Balaban J connectivity index is 1.99. The Kier molecular flexibility index (Phi) is 6.49. The maximum atomic E-state index is 13.0. The molecule has 1 fully saturated rings. The van der Waals surface area contributed by atoms with Gasteiger partial charge in [0.15, 0.2) is 0 Å². The number of ether oxygens (including phenoxy) is 1. The Hall–Kier alpha value is -2.00. The molecule has 0 spiro atoms. The molecule has 0 atom stereocenters. The molecule has 1 aromatic carbocycles. The van der Waals surface area contributed by atoms with Crippen molar-refractivity contribution in [3.8, 4) is 0 Å². The summed E-state index contributed by atoms with van der Waals surface area (Å²) in [6.45, 7) is 1.11. The van der Waals surface area contributed by atoms with E-state index in [1.807, 2.05) is 0 Å². The van der Waals surface area contributed by atoms with Crippen molar-refractivity contribution in [3.63, 3.8) is 0 Å². The molecular weight excluding hydrogens is 351 g/mol. The van der Waals surface area contributed by atoms with Crippen LogP contribution in [0, 0.1) is 5.82 Å². The number of benzene rings is 1. The molecule has 7 nitrogen and oxygen atoms in total. The summed E-state index contributed by atoms with van der Waals surface area (Å²) < 4.78 is 44.0. The first-order valence-corrected chi connectivity index (χ1v) is 9.39. The van der Waals surface area contributed by atoms with Gasteiger partial charge in [0, 0.05) is 32.6 Å². The second-order valence-electron chi connectivity index (χ2n) is 5.67. The highest BCUT2D eigenvalue weighted by Gasteiger charge is 2.28. The van der Waals surface area contributed by atoms with E-state index in [1.54, 1.807) is 4.90 Å². The molecule has 0 N–H and O–H groups in total. The van der Waals surface area contributed by atoms with E-state index in [0.717, 1.165) is 12.1 Å². The van der Waals surface area contributed by atoms with Gasteiger partial charge in [-0.05, 0) is 30.7 Å². The van der Waals surface area contributed by atoms with Gasteiger partial charge in [-0.2, -0.15) is 4.31 Å². The number of amides is 1. The number of hydrogen-bond acceptors (Lipinski definition) is 5. The van der Waals surface area contributed by atoms with E-state index in [4.69, 9.17) is 0 Å². The molecule has 138 valence electrons. The van der Waals surface area contributed by atoms with Crippen LogP contribution in [0.15, 0.2) is 29.2 Å². The minimum atomic E-state index is -3.73. The fraction of sp³-hybridized carbons (Fsp3) is 0.500. The number of carbonyl (C=O) groups excluding carboxylic acids is 2. The third-order valence-corrected chi connectivity index (χ3v) is 5.94. The van der Waals surface area contributed by atoms with Gasteiger partial charge in [0.05, 0.1) is 18.4 Å². The van der Waals surface area contributed by atoms with Crippen LogP contribution in [0.2, 0.25) is 0 Å². The lowest BCUT2D eigenvalue weighted by atomic mass is 10.2. The largest absolute Gasteiger partial charge is 0.469 e. The topological polar surface area (TPSA) is 84.0 Å². The van der Waals surface area contributed by atoms with Crippen LogP contribution in [-0.4, -0.2) is 62.8 Å². The van der Waals surface area contributed by atoms with Crippen LogP contribution in [0.4, 0.5) is 4.39 Å². The van der Waals surface area contributed by atoms with Crippen molar-refractivity contribution in [2.24, 2.45) is 0 Å². The summed E-state index contributed by atoms with van der Waals surface area (Å²) in [6.07, 6.45) is 0.533. The van der Waals surface area contributed by atoms with E-state index in [9.17, 15) is 22.4 Å².